The second kappa shape index (κ2) is 11.5. The molecule has 1 rings (SSSR count). The largest absolute Gasteiger partial charge is 0.493 e. The lowest BCUT2D eigenvalue weighted by Gasteiger charge is -2.14. The normalized spacial score (nSPS) is 9.90. The zero-order valence-corrected chi connectivity index (χ0v) is 14.3. The molecule has 5 heteroatoms. The Morgan fingerprint density at radius 3 is 2.00 bits per heavy atom. The molecular formula is C16H28ClNO3. The van der Waals surface area contributed by atoms with E-state index in [1.54, 1.807) is 21.3 Å². The second-order valence-electron chi connectivity index (χ2n) is 4.77. The van der Waals surface area contributed by atoms with Gasteiger partial charge in [-0.25, -0.2) is 0 Å². The van der Waals surface area contributed by atoms with Gasteiger partial charge in [0.05, 0.1) is 21.3 Å². The van der Waals surface area contributed by atoms with Crippen molar-refractivity contribution in [3.05, 3.63) is 17.7 Å². The average molecular weight is 318 g/mol. The van der Waals surface area contributed by atoms with Crippen molar-refractivity contribution in [1.82, 2.24) is 5.32 Å². The van der Waals surface area contributed by atoms with E-state index in [2.05, 4.69) is 12.2 Å². The summed E-state index contributed by atoms with van der Waals surface area (Å²) in [6.07, 6.45) is 5.09. The minimum Gasteiger partial charge on any atom is -0.493 e. The number of nitrogens with one attached hydrogen (secondary N) is 1. The van der Waals surface area contributed by atoms with Gasteiger partial charge in [-0.05, 0) is 30.7 Å². The summed E-state index contributed by atoms with van der Waals surface area (Å²) in [5, 5.41) is 3.45. The van der Waals surface area contributed by atoms with Crippen molar-refractivity contribution in [2.24, 2.45) is 0 Å². The van der Waals surface area contributed by atoms with Gasteiger partial charge in [0.1, 0.15) is 0 Å². The Morgan fingerprint density at radius 1 is 0.905 bits per heavy atom. The Morgan fingerprint density at radius 2 is 1.52 bits per heavy atom. The summed E-state index contributed by atoms with van der Waals surface area (Å²) in [5.74, 6) is 2.05. The number of hydrogen-bond donors (Lipinski definition) is 1. The highest BCUT2D eigenvalue weighted by Gasteiger charge is 2.12. The van der Waals surface area contributed by atoms with E-state index in [0.717, 1.165) is 18.7 Å². The van der Waals surface area contributed by atoms with Gasteiger partial charge < -0.3 is 19.5 Å². The van der Waals surface area contributed by atoms with E-state index in [-0.39, 0.29) is 12.4 Å². The number of rotatable bonds is 10. The molecule has 0 aromatic heterocycles. The Balaban J connectivity index is 0.00000400. The first-order valence-corrected chi connectivity index (χ1v) is 7.26. The van der Waals surface area contributed by atoms with Crippen molar-refractivity contribution in [3.8, 4) is 17.2 Å². The highest BCUT2D eigenvalue weighted by molar-refractivity contribution is 5.85. The van der Waals surface area contributed by atoms with Gasteiger partial charge in [0.25, 0.3) is 0 Å². The Labute approximate surface area is 134 Å². The summed E-state index contributed by atoms with van der Waals surface area (Å²) in [7, 11) is 4.89. The van der Waals surface area contributed by atoms with Gasteiger partial charge in [-0.2, -0.15) is 0 Å². The molecule has 0 spiro atoms. The summed E-state index contributed by atoms with van der Waals surface area (Å²) in [4.78, 5) is 0. The molecule has 0 saturated heterocycles. The van der Waals surface area contributed by atoms with Crippen molar-refractivity contribution in [2.75, 3.05) is 27.9 Å². The molecule has 4 nitrogen and oxygen atoms in total. The third-order valence-corrected chi connectivity index (χ3v) is 3.26. The van der Waals surface area contributed by atoms with Crippen LogP contribution in [0.4, 0.5) is 0 Å². The van der Waals surface area contributed by atoms with E-state index >= 15 is 0 Å². The van der Waals surface area contributed by atoms with Crippen LogP contribution in [0.3, 0.4) is 0 Å². The standard InChI is InChI=1S/C16H27NO3.ClH/c1-5-6-7-8-9-17-12-13-10-14(18-2)16(20-4)15(11-13)19-3;/h10-11,17H,5-9,12H2,1-4H3;1H. The van der Waals surface area contributed by atoms with Gasteiger partial charge in [-0.3, -0.25) is 0 Å². The third kappa shape index (κ3) is 6.44. The fourth-order valence-corrected chi connectivity index (χ4v) is 2.15. The smallest absolute Gasteiger partial charge is 0.203 e. The van der Waals surface area contributed by atoms with E-state index in [4.69, 9.17) is 14.2 Å². The monoisotopic (exact) mass is 317 g/mol. The second-order valence-corrected chi connectivity index (χ2v) is 4.77. The minimum atomic E-state index is 0. The fraction of sp³-hybridized carbons (Fsp3) is 0.625. The quantitative estimate of drug-likeness (QED) is 0.666. The number of ether oxygens (including phenoxy) is 3. The van der Waals surface area contributed by atoms with Crippen LogP contribution in [-0.2, 0) is 6.54 Å². The van der Waals surface area contributed by atoms with Gasteiger partial charge in [-0.1, -0.05) is 26.2 Å². The molecule has 1 aromatic carbocycles. The van der Waals surface area contributed by atoms with Gasteiger partial charge >= 0.3 is 0 Å². The molecular weight excluding hydrogens is 290 g/mol. The zero-order valence-electron chi connectivity index (χ0n) is 13.5. The van der Waals surface area contributed by atoms with Crippen LogP contribution in [0, 0.1) is 0 Å². The molecule has 122 valence electrons. The summed E-state index contributed by atoms with van der Waals surface area (Å²) in [5.41, 5.74) is 1.13. The molecule has 1 N–H and O–H groups in total. The lowest BCUT2D eigenvalue weighted by atomic mass is 10.1. The molecule has 0 atom stereocenters. The SMILES string of the molecule is CCCCCCNCc1cc(OC)c(OC)c(OC)c1.Cl. The van der Waals surface area contributed by atoms with Crippen LogP contribution in [0.1, 0.15) is 38.2 Å². The molecule has 0 aliphatic rings. The highest BCUT2D eigenvalue weighted by atomic mass is 35.5. The first kappa shape index (κ1) is 19.9. The lowest BCUT2D eigenvalue weighted by Crippen LogP contribution is -2.14. The van der Waals surface area contributed by atoms with Gasteiger partial charge in [0.15, 0.2) is 11.5 Å². The topological polar surface area (TPSA) is 39.7 Å². The summed E-state index contributed by atoms with van der Waals surface area (Å²) >= 11 is 0. The molecule has 0 bridgehead atoms. The maximum atomic E-state index is 5.35. The van der Waals surface area contributed by atoms with Crippen molar-refractivity contribution < 1.29 is 14.2 Å². The number of benzene rings is 1. The van der Waals surface area contributed by atoms with E-state index in [9.17, 15) is 0 Å². The molecule has 0 radical (unpaired) electrons. The molecule has 0 aliphatic heterocycles. The maximum absolute atomic E-state index is 5.35. The predicted molar refractivity (Wildman–Crippen MR) is 89.2 cm³/mol. The average Bonchev–Trinajstić information content (AvgIpc) is 2.49. The Hall–Kier alpha value is -1.13. The van der Waals surface area contributed by atoms with E-state index in [0.29, 0.717) is 17.2 Å². The van der Waals surface area contributed by atoms with Crippen LogP contribution < -0.4 is 19.5 Å². The summed E-state index contributed by atoms with van der Waals surface area (Å²) in [6, 6.07) is 3.97. The lowest BCUT2D eigenvalue weighted by molar-refractivity contribution is 0.323. The molecule has 0 heterocycles. The molecule has 21 heavy (non-hydrogen) atoms. The van der Waals surface area contributed by atoms with Gasteiger partial charge in [0.2, 0.25) is 5.75 Å². The fourth-order valence-electron chi connectivity index (χ4n) is 2.15. The van der Waals surface area contributed by atoms with E-state index < -0.39 is 0 Å². The molecule has 0 unspecified atom stereocenters. The Kier molecular flexibility index (Phi) is 10.9. The van der Waals surface area contributed by atoms with Gasteiger partial charge in [-0.15, -0.1) is 12.4 Å². The molecule has 0 aliphatic carbocycles. The number of hydrogen-bond acceptors (Lipinski definition) is 4. The van der Waals surface area contributed by atoms with Crippen LogP contribution in [0.5, 0.6) is 17.2 Å². The van der Waals surface area contributed by atoms with Gasteiger partial charge in [0, 0.05) is 6.54 Å². The van der Waals surface area contributed by atoms with Crippen molar-refractivity contribution >= 4 is 12.4 Å². The molecule has 0 fully saturated rings. The van der Waals surface area contributed by atoms with Crippen molar-refractivity contribution in [3.63, 3.8) is 0 Å². The predicted octanol–water partition coefficient (Wildman–Crippen LogP) is 3.80. The zero-order chi connectivity index (χ0) is 14.8. The highest BCUT2D eigenvalue weighted by Crippen LogP contribution is 2.38. The van der Waals surface area contributed by atoms with E-state index in [1.165, 1.54) is 25.7 Å². The number of unbranched alkanes of at least 4 members (excludes halogenated alkanes) is 3. The molecule has 0 saturated carbocycles. The first-order chi connectivity index (χ1) is 9.76. The molecule has 0 amide bonds. The van der Waals surface area contributed by atoms with Crippen LogP contribution in [0.2, 0.25) is 0 Å². The Bertz CT molecular complexity index is 374. The van der Waals surface area contributed by atoms with Crippen LogP contribution in [-0.4, -0.2) is 27.9 Å². The van der Waals surface area contributed by atoms with E-state index in [1.807, 2.05) is 12.1 Å². The first-order valence-electron chi connectivity index (χ1n) is 7.26. The summed E-state index contributed by atoms with van der Waals surface area (Å²) < 4.78 is 16.0. The van der Waals surface area contributed by atoms with Crippen molar-refractivity contribution in [1.29, 1.82) is 0 Å². The number of halogens is 1. The van der Waals surface area contributed by atoms with Crippen LogP contribution in [0.25, 0.3) is 0 Å². The van der Waals surface area contributed by atoms with Crippen LogP contribution >= 0.6 is 12.4 Å². The number of methoxy groups -OCH3 is 3. The maximum Gasteiger partial charge on any atom is 0.203 e. The summed E-state index contributed by atoms with van der Waals surface area (Å²) in [6.45, 7) is 4.07. The molecule has 1 aromatic rings. The minimum absolute atomic E-state index is 0. The van der Waals surface area contributed by atoms with Crippen molar-refractivity contribution in [2.45, 2.75) is 39.2 Å². The van der Waals surface area contributed by atoms with Crippen LogP contribution in [0.15, 0.2) is 12.1 Å². The third-order valence-electron chi connectivity index (χ3n) is 3.26.